The van der Waals surface area contributed by atoms with Crippen molar-refractivity contribution in [2.75, 3.05) is 0 Å². The van der Waals surface area contributed by atoms with Gasteiger partial charge in [0.2, 0.25) is 0 Å². The van der Waals surface area contributed by atoms with Gasteiger partial charge in [0.25, 0.3) is 0 Å². The molecule has 0 fully saturated rings. The quantitative estimate of drug-likeness (QED) is 0.190. The molecule has 0 atom stereocenters. The molecule has 10 aromatic rings. The van der Waals surface area contributed by atoms with Gasteiger partial charge < -0.3 is 14.4 Å². The first kappa shape index (κ1) is 31.6. The molecule has 12 rings (SSSR count). The predicted molar refractivity (Wildman–Crippen MR) is 236 cm³/mol. The molecule has 8 heterocycles. The molecule has 0 saturated heterocycles. The second-order valence-corrected chi connectivity index (χ2v) is 14.7. The smallest absolute Gasteiger partial charge is 0.0837 e. The van der Waals surface area contributed by atoms with E-state index in [-0.39, 0.29) is 0 Å². The topological polar surface area (TPSA) is 61.8 Å². The molecule has 0 unspecified atom stereocenters. The molecule has 6 aromatic heterocycles. The van der Waals surface area contributed by atoms with Crippen molar-refractivity contribution in [1.29, 1.82) is 0 Å². The maximum Gasteiger partial charge on any atom is 0.0837 e. The normalized spacial score (nSPS) is 12.1. The van der Waals surface area contributed by atoms with Crippen molar-refractivity contribution in [2.45, 2.75) is 0 Å². The first-order valence-electron chi connectivity index (χ1n) is 19.3. The number of H-pyrrole nitrogens is 2. The van der Waals surface area contributed by atoms with Crippen LogP contribution in [0.4, 0.5) is 0 Å². The van der Waals surface area contributed by atoms with E-state index in [1.807, 2.05) is 0 Å². The highest BCUT2D eigenvalue weighted by Gasteiger charge is 2.31. The highest BCUT2D eigenvalue weighted by Crippen LogP contribution is 2.52. The summed E-state index contributed by atoms with van der Waals surface area (Å²) < 4.78 is 2.39. The standard InChI is InChI=1S/C52H33N5/c1-5-14-32(15-6-1)45-37-25-26-38(53-37)46(33-16-7-2-8-17-33)40-28-30-42(55-40)48(35-20-11-4-12-21-35)52-50-44-31-24-36-22-13-23-43(57(36)44)49(50)51(56-52)47(34-18-9-3-10-19-34)41-29-27-39(45)54-41/h1-31,54-55H. The third-order valence-corrected chi connectivity index (χ3v) is 11.5. The number of hydrogen-bond donors (Lipinski definition) is 2. The van der Waals surface area contributed by atoms with Crippen LogP contribution >= 0.6 is 0 Å². The maximum absolute atomic E-state index is 5.82. The van der Waals surface area contributed by atoms with E-state index in [1.54, 1.807) is 0 Å². The number of hydrogen-bond acceptors (Lipinski definition) is 2. The lowest BCUT2D eigenvalue weighted by Gasteiger charge is -2.08. The summed E-state index contributed by atoms with van der Waals surface area (Å²) in [6.45, 7) is 0. The molecular weight excluding hydrogens is 695 g/mol. The molecule has 0 spiro atoms. The van der Waals surface area contributed by atoms with Gasteiger partial charge in [0.15, 0.2) is 0 Å². The summed E-state index contributed by atoms with van der Waals surface area (Å²) in [5.74, 6) is 0. The molecule has 0 radical (unpaired) electrons. The van der Waals surface area contributed by atoms with E-state index in [0.717, 1.165) is 117 Å². The Balaban J connectivity index is 1.35. The Labute approximate surface area is 328 Å². The molecule has 2 aliphatic heterocycles. The Kier molecular flexibility index (Phi) is 6.86. The predicted octanol–water partition coefficient (Wildman–Crippen LogP) is 13.3. The summed E-state index contributed by atoms with van der Waals surface area (Å²) in [5, 5.41) is 0. The summed E-state index contributed by atoms with van der Waals surface area (Å²) in [6.07, 6.45) is 4.30. The van der Waals surface area contributed by atoms with Gasteiger partial charge in [-0.3, -0.25) is 0 Å². The van der Waals surface area contributed by atoms with Gasteiger partial charge in [-0.1, -0.05) is 127 Å². The van der Waals surface area contributed by atoms with E-state index in [0.29, 0.717) is 0 Å². The molecule has 0 saturated carbocycles. The van der Waals surface area contributed by atoms with Crippen molar-refractivity contribution in [3.8, 4) is 67.0 Å². The lowest BCUT2D eigenvalue weighted by molar-refractivity contribution is 1.32. The van der Waals surface area contributed by atoms with Crippen LogP contribution in [0.2, 0.25) is 0 Å². The number of aromatic amines is 2. The van der Waals surface area contributed by atoms with Crippen LogP contribution in [-0.4, -0.2) is 24.3 Å². The molecule has 5 nitrogen and oxygen atoms in total. The van der Waals surface area contributed by atoms with Crippen molar-refractivity contribution in [3.05, 3.63) is 187 Å². The lowest BCUT2D eigenvalue weighted by Crippen LogP contribution is -1.90. The van der Waals surface area contributed by atoms with Crippen LogP contribution < -0.4 is 0 Å². The first-order chi connectivity index (χ1) is 28.3. The number of rotatable bonds is 4. The van der Waals surface area contributed by atoms with Gasteiger partial charge >= 0.3 is 0 Å². The fourth-order valence-corrected chi connectivity index (χ4v) is 9.03. The molecule has 266 valence electrons. The zero-order valence-corrected chi connectivity index (χ0v) is 30.7. The van der Waals surface area contributed by atoms with Gasteiger partial charge in [0.1, 0.15) is 0 Å². The molecular formula is C52H33N5. The van der Waals surface area contributed by atoms with Crippen molar-refractivity contribution < 1.29 is 0 Å². The minimum atomic E-state index is 0.898. The van der Waals surface area contributed by atoms with Crippen LogP contribution in [0.5, 0.6) is 0 Å². The minimum Gasteiger partial charge on any atom is -0.354 e. The average Bonchev–Trinajstić information content (AvgIpc) is 4.13. The zero-order valence-electron chi connectivity index (χ0n) is 30.7. The third kappa shape index (κ3) is 4.82. The van der Waals surface area contributed by atoms with Crippen LogP contribution in [0.1, 0.15) is 11.4 Å². The summed E-state index contributed by atoms with van der Waals surface area (Å²) in [5.41, 5.74) is 21.8. The SMILES string of the molecule is C1=Cc2nc1c(-c1ccccc1)c1ccc([nH]1)c(-c1ccccc1)c1nc(c(-c3ccccc3)c3ccc([nH]3)c2-c2ccccc2)-c2c-1c1cccc3ccc2n31. The van der Waals surface area contributed by atoms with E-state index in [2.05, 4.69) is 202 Å². The van der Waals surface area contributed by atoms with Gasteiger partial charge in [-0.2, -0.15) is 0 Å². The Morgan fingerprint density at radius 3 is 1.18 bits per heavy atom. The number of aromatic nitrogens is 5. The minimum absolute atomic E-state index is 0.898. The highest BCUT2D eigenvalue weighted by molar-refractivity contribution is 6.14. The zero-order chi connectivity index (χ0) is 37.5. The van der Waals surface area contributed by atoms with Gasteiger partial charge in [0.05, 0.1) is 33.8 Å². The molecule has 57 heavy (non-hydrogen) atoms. The van der Waals surface area contributed by atoms with Crippen molar-refractivity contribution in [3.63, 3.8) is 0 Å². The van der Waals surface area contributed by atoms with Crippen molar-refractivity contribution in [1.82, 2.24) is 24.3 Å². The Hall–Kier alpha value is -7.76. The van der Waals surface area contributed by atoms with Gasteiger partial charge in [0, 0.05) is 61.0 Å². The number of fused-ring (bicyclic) bond motifs is 13. The van der Waals surface area contributed by atoms with Crippen molar-refractivity contribution in [2.24, 2.45) is 0 Å². The fraction of sp³-hybridized carbons (Fsp3) is 0. The van der Waals surface area contributed by atoms with E-state index < -0.39 is 0 Å². The van der Waals surface area contributed by atoms with Crippen LogP contribution in [0.25, 0.3) is 118 Å². The third-order valence-electron chi connectivity index (χ3n) is 11.5. The molecule has 8 bridgehead atoms. The molecule has 2 aliphatic rings. The number of benzene rings is 4. The Morgan fingerprint density at radius 2 is 0.719 bits per heavy atom. The monoisotopic (exact) mass is 727 g/mol. The summed E-state index contributed by atoms with van der Waals surface area (Å²) in [7, 11) is 0. The molecule has 0 aliphatic carbocycles. The van der Waals surface area contributed by atoms with E-state index in [1.165, 1.54) is 0 Å². The lowest BCUT2D eigenvalue weighted by atomic mass is 9.96. The van der Waals surface area contributed by atoms with Crippen LogP contribution in [0.3, 0.4) is 0 Å². The van der Waals surface area contributed by atoms with Crippen LogP contribution in [0.15, 0.2) is 176 Å². The van der Waals surface area contributed by atoms with Gasteiger partial charge in [-0.05, 0) is 82.9 Å². The number of pyridine rings is 1. The Morgan fingerprint density at radius 1 is 0.316 bits per heavy atom. The fourth-order valence-electron chi connectivity index (χ4n) is 9.03. The maximum atomic E-state index is 5.82. The second-order valence-electron chi connectivity index (χ2n) is 14.7. The molecule has 0 amide bonds. The van der Waals surface area contributed by atoms with Gasteiger partial charge in [-0.15, -0.1) is 0 Å². The van der Waals surface area contributed by atoms with E-state index in [9.17, 15) is 0 Å². The van der Waals surface area contributed by atoms with Gasteiger partial charge in [-0.25, -0.2) is 9.97 Å². The molecule has 4 aromatic carbocycles. The summed E-state index contributed by atoms with van der Waals surface area (Å²) >= 11 is 0. The largest absolute Gasteiger partial charge is 0.354 e. The molecule has 5 heteroatoms. The second kappa shape index (κ2) is 12.4. The van der Waals surface area contributed by atoms with Crippen LogP contribution in [-0.2, 0) is 0 Å². The Bertz CT molecular complexity index is 3200. The number of nitrogens with zero attached hydrogens (tertiary/aromatic N) is 3. The first-order valence-corrected chi connectivity index (χ1v) is 19.3. The van der Waals surface area contributed by atoms with E-state index in [4.69, 9.17) is 9.97 Å². The summed E-state index contributed by atoms with van der Waals surface area (Å²) in [4.78, 5) is 19.1. The van der Waals surface area contributed by atoms with E-state index >= 15 is 0 Å². The summed E-state index contributed by atoms with van der Waals surface area (Å²) in [6, 6.07) is 62.4. The van der Waals surface area contributed by atoms with Crippen molar-refractivity contribution >= 4 is 50.8 Å². The van der Waals surface area contributed by atoms with Crippen LogP contribution in [0, 0.1) is 0 Å². The molecule has 2 N–H and O–H groups in total. The number of nitrogens with one attached hydrogen (secondary N) is 2. The highest BCUT2D eigenvalue weighted by atomic mass is 14.9. The average molecular weight is 728 g/mol.